The third-order valence-corrected chi connectivity index (χ3v) is 3.73. The van der Waals surface area contributed by atoms with Crippen molar-refractivity contribution in [3.63, 3.8) is 0 Å². The standard InChI is InChI=1S/C15H19F3N4O2/c1-21(2)14(24)22-6-3-11-10(9-22)7-19-8-12(11)13(23)20-5-4-15(16,17)18/h7-8H,3-6,9H2,1-2H3,(H,20,23). The number of alkyl halides is 3. The first-order valence-corrected chi connectivity index (χ1v) is 7.46. The van der Waals surface area contributed by atoms with Crippen LogP contribution in [0, 0.1) is 0 Å². The summed E-state index contributed by atoms with van der Waals surface area (Å²) in [6.45, 7) is 0.289. The highest BCUT2D eigenvalue weighted by Crippen LogP contribution is 2.23. The van der Waals surface area contributed by atoms with E-state index in [-0.39, 0.29) is 11.6 Å². The van der Waals surface area contributed by atoms with Crippen LogP contribution in [0.2, 0.25) is 0 Å². The summed E-state index contributed by atoms with van der Waals surface area (Å²) in [7, 11) is 3.31. The Labute approximate surface area is 137 Å². The number of aromatic nitrogens is 1. The van der Waals surface area contributed by atoms with E-state index in [0.29, 0.717) is 19.5 Å². The second kappa shape index (κ2) is 7.06. The largest absolute Gasteiger partial charge is 0.390 e. The summed E-state index contributed by atoms with van der Waals surface area (Å²) in [5.41, 5.74) is 1.74. The summed E-state index contributed by atoms with van der Waals surface area (Å²) in [5.74, 6) is -0.573. The number of nitrogens with zero attached hydrogens (tertiary/aromatic N) is 3. The Kier molecular flexibility index (Phi) is 5.30. The third kappa shape index (κ3) is 4.36. The van der Waals surface area contributed by atoms with E-state index in [1.54, 1.807) is 25.2 Å². The maximum atomic E-state index is 12.2. The topological polar surface area (TPSA) is 65.5 Å². The summed E-state index contributed by atoms with van der Waals surface area (Å²) in [4.78, 5) is 31.2. The summed E-state index contributed by atoms with van der Waals surface area (Å²) >= 11 is 0. The second-order valence-electron chi connectivity index (χ2n) is 5.79. The average molecular weight is 344 g/mol. The van der Waals surface area contributed by atoms with E-state index < -0.39 is 25.0 Å². The Hall–Kier alpha value is -2.32. The van der Waals surface area contributed by atoms with Gasteiger partial charge >= 0.3 is 12.2 Å². The second-order valence-corrected chi connectivity index (χ2v) is 5.79. The van der Waals surface area contributed by atoms with Crippen molar-refractivity contribution in [2.24, 2.45) is 0 Å². The van der Waals surface area contributed by atoms with Crippen LogP contribution in [0.4, 0.5) is 18.0 Å². The molecule has 0 aromatic carbocycles. The molecule has 1 aliphatic rings. The molecular weight excluding hydrogens is 325 g/mol. The molecule has 0 aliphatic carbocycles. The summed E-state index contributed by atoms with van der Waals surface area (Å²) in [6.07, 6.45) is -2.00. The highest BCUT2D eigenvalue weighted by Gasteiger charge is 2.28. The number of fused-ring (bicyclic) bond motifs is 1. The number of rotatable bonds is 3. The van der Waals surface area contributed by atoms with E-state index in [0.717, 1.165) is 11.1 Å². The van der Waals surface area contributed by atoms with Crippen LogP contribution >= 0.6 is 0 Å². The Morgan fingerprint density at radius 2 is 2.04 bits per heavy atom. The van der Waals surface area contributed by atoms with E-state index in [1.165, 1.54) is 11.1 Å². The molecule has 0 saturated heterocycles. The molecule has 1 aromatic heterocycles. The molecule has 132 valence electrons. The Morgan fingerprint density at radius 3 is 2.67 bits per heavy atom. The van der Waals surface area contributed by atoms with Gasteiger partial charge in [-0.3, -0.25) is 9.78 Å². The fraction of sp³-hybridized carbons (Fsp3) is 0.533. The first-order chi connectivity index (χ1) is 11.2. The zero-order valence-electron chi connectivity index (χ0n) is 13.5. The van der Waals surface area contributed by atoms with Crippen molar-refractivity contribution in [2.75, 3.05) is 27.2 Å². The first kappa shape index (κ1) is 18.0. The van der Waals surface area contributed by atoms with Crippen molar-refractivity contribution in [1.82, 2.24) is 20.1 Å². The molecule has 6 nitrogen and oxygen atoms in total. The van der Waals surface area contributed by atoms with Gasteiger partial charge in [-0.2, -0.15) is 13.2 Å². The number of hydrogen-bond donors (Lipinski definition) is 1. The quantitative estimate of drug-likeness (QED) is 0.909. The lowest BCUT2D eigenvalue weighted by atomic mass is 9.97. The van der Waals surface area contributed by atoms with Gasteiger partial charge in [0.25, 0.3) is 5.91 Å². The maximum absolute atomic E-state index is 12.2. The number of halogens is 3. The van der Waals surface area contributed by atoms with Crippen LogP contribution in [0.25, 0.3) is 0 Å². The molecule has 0 unspecified atom stereocenters. The Balaban J connectivity index is 2.08. The van der Waals surface area contributed by atoms with Gasteiger partial charge in [0.05, 0.1) is 12.0 Å². The summed E-state index contributed by atoms with van der Waals surface area (Å²) < 4.78 is 36.5. The van der Waals surface area contributed by atoms with Gasteiger partial charge in [0, 0.05) is 46.1 Å². The van der Waals surface area contributed by atoms with Crippen LogP contribution in [0.15, 0.2) is 12.4 Å². The molecule has 24 heavy (non-hydrogen) atoms. The predicted octanol–water partition coefficient (Wildman–Crippen LogP) is 1.80. The van der Waals surface area contributed by atoms with Gasteiger partial charge in [-0.25, -0.2) is 4.79 Å². The molecule has 0 spiro atoms. The number of amides is 3. The van der Waals surface area contributed by atoms with Crippen molar-refractivity contribution < 1.29 is 22.8 Å². The fourth-order valence-electron chi connectivity index (χ4n) is 2.55. The molecule has 1 N–H and O–H groups in total. The molecule has 9 heteroatoms. The molecule has 0 atom stereocenters. The van der Waals surface area contributed by atoms with Crippen molar-refractivity contribution in [3.8, 4) is 0 Å². The summed E-state index contributed by atoms with van der Waals surface area (Å²) in [6, 6.07) is -0.138. The minimum atomic E-state index is -4.31. The average Bonchev–Trinajstić information content (AvgIpc) is 2.51. The van der Waals surface area contributed by atoms with Crippen molar-refractivity contribution in [3.05, 3.63) is 29.1 Å². The molecule has 0 bridgehead atoms. The van der Waals surface area contributed by atoms with Crippen molar-refractivity contribution >= 4 is 11.9 Å². The number of nitrogens with one attached hydrogen (secondary N) is 1. The van der Waals surface area contributed by atoms with E-state index in [9.17, 15) is 22.8 Å². The van der Waals surface area contributed by atoms with E-state index in [1.807, 2.05) is 0 Å². The van der Waals surface area contributed by atoms with Crippen LogP contribution in [-0.4, -0.2) is 60.1 Å². The van der Waals surface area contributed by atoms with E-state index in [2.05, 4.69) is 10.3 Å². The van der Waals surface area contributed by atoms with Gasteiger partial charge in [-0.05, 0) is 17.5 Å². The lowest BCUT2D eigenvalue weighted by Crippen LogP contribution is -2.42. The van der Waals surface area contributed by atoms with Crippen LogP contribution in [0.3, 0.4) is 0 Å². The first-order valence-electron chi connectivity index (χ1n) is 7.46. The third-order valence-electron chi connectivity index (χ3n) is 3.73. The zero-order valence-corrected chi connectivity index (χ0v) is 13.5. The van der Waals surface area contributed by atoms with E-state index in [4.69, 9.17) is 0 Å². The van der Waals surface area contributed by atoms with Crippen molar-refractivity contribution in [1.29, 1.82) is 0 Å². The number of pyridine rings is 1. The molecule has 2 rings (SSSR count). The van der Waals surface area contributed by atoms with Gasteiger partial charge in [-0.1, -0.05) is 0 Å². The molecule has 2 heterocycles. The number of hydrogen-bond acceptors (Lipinski definition) is 3. The number of carbonyl (C=O) groups is 2. The normalized spacial score (nSPS) is 14.1. The molecular formula is C15H19F3N4O2. The van der Waals surface area contributed by atoms with Gasteiger partial charge in [0.1, 0.15) is 0 Å². The van der Waals surface area contributed by atoms with E-state index >= 15 is 0 Å². The number of urea groups is 1. The maximum Gasteiger partial charge on any atom is 0.390 e. The molecule has 0 radical (unpaired) electrons. The smallest absolute Gasteiger partial charge is 0.352 e. The lowest BCUT2D eigenvalue weighted by molar-refractivity contribution is -0.132. The highest BCUT2D eigenvalue weighted by atomic mass is 19.4. The minimum Gasteiger partial charge on any atom is -0.352 e. The minimum absolute atomic E-state index is 0.138. The lowest BCUT2D eigenvalue weighted by Gasteiger charge is -2.31. The predicted molar refractivity (Wildman–Crippen MR) is 80.4 cm³/mol. The highest BCUT2D eigenvalue weighted by molar-refractivity contribution is 5.95. The summed E-state index contributed by atoms with van der Waals surface area (Å²) in [5, 5.41) is 2.27. The molecule has 1 aliphatic heterocycles. The SMILES string of the molecule is CN(C)C(=O)N1CCc2c(cncc2C(=O)NCCC(F)(F)F)C1. The van der Waals surface area contributed by atoms with Gasteiger partial charge < -0.3 is 15.1 Å². The van der Waals surface area contributed by atoms with Gasteiger partial charge in [0.15, 0.2) is 0 Å². The van der Waals surface area contributed by atoms with Crippen LogP contribution in [0.1, 0.15) is 27.9 Å². The molecule has 0 fully saturated rings. The number of carbonyl (C=O) groups excluding carboxylic acids is 2. The molecule has 0 saturated carbocycles. The van der Waals surface area contributed by atoms with Crippen molar-refractivity contribution in [2.45, 2.75) is 25.6 Å². The monoisotopic (exact) mass is 344 g/mol. The Bertz CT molecular complexity index is 632. The van der Waals surface area contributed by atoms with Crippen LogP contribution < -0.4 is 5.32 Å². The van der Waals surface area contributed by atoms with Gasteiger partial charge in [0.2, 0.25) is 0 Å². The zero-order chi connectivity index (χ0) is 17.9. The molecule has 1 aromatic rings. The Morgan fingerprint density at radius 1 is 1.33 bits per heavy atom. The molecule has 3 amide bonds. The van der Waals surface area contributed by atoms with Crippen LogP contribution in [0.5, 0.6) is 0 Å². The van der Waals surface area contributed by atoms with Crippen LogP contribution in [-0.2, 0) is 13.0 Å². The fourth-order valence-corrected chi connectivity index (χ4v) is 2.55. The van der Waals surface area contributed by atoms with Gasteiger partial charge in [-0.15, -0.1) is 0 Å².